The summed E-state index contributed by atoms with van der Waals surface area (Å²) in [7, 11) is -3.45. The molecule has 1 amide bonds. The number of hydrogen-bond acceptors (Lipinski definition) is 4. The molecule has 25 heavy (non-hydrogen) atoms. The Morgan fingerprint density at radius 1 is 1.04 bits per heavy atom. The van der Waals surface area contributed by atoms with Crippen LogP contribution in [0.25, 0.3) is 0 Å². The summed E-state index contributed by atoms with van der Waals surface area (Å²) in [5, 5.41) is 2.62. The first-order chi connectivity index (χ1) is 12.0. The Hall–Kier alpha value is -2.34. The summed E-state index contributed by atoms with van der Waals surface area (Å²) in [6, 6.07) is 16.7. The molecule has 0 fully saturated rings. The van der Waals surface area contributed by atoms with Crippen LogP contribution in [0.4, 0.5) is 5.69 Å². The van der Waals surface area contributed by atoms with Crippen molar-refractivity contribution in [2.45, 2.75) is 19.8 Å². The maximum atomic E-state index is 12.1. The van der Waals surface area contributed by atoms with E-state index in [4.69, 9.17) is 4.74 Å². The summed E-state index contributed by atoms with van der Waals surface area (Å²) in [5.41, 5.74) is 1.57. The van der Waals surface area contributed by atoms with E-state index in [1.54, 1.807) is 24.3 Å². The highest BCUT2D eigenvalue weighted by Crippen LogP contribution is 2.23. The fraction of sp³-hybridized carbons (Fsp3) is 0.316. The maximum absolute atomic E-state index is 12.1. The lowest BCUT2D eigenvalue weighted by Gasteiger charge is -2.11. The van der Waals surface area contributed by atoms with Gasteiger partial charge in [-0.1, -0.05) is 42.5 Å². The second-order valence-electron chi connectivity index (χ2n) is 5.66. The van der Waals surface area contributed by atoms with Gasteiger partial charge in [0.05, 0.1) is 18.0 Å². The third-order valence-corrected chi connectivity index (χ3v) is 5.19. The molecule has 1 N–H and O–H groups in total. The molecular weight excluding hydrogens is 338 g/mol. The van der Waals surface area contributed by atoms with Crippen molar-refractivity contribution in [3.05, 3.63) is 60.2 Å². The number of para-hydroxylation sites is 2. The number of sulfone groups is 1. The van der Waals surface area contributed by atoms with Gasteiger partial charge in [0, 0.05) is 0 Å². The number of hydrogen-bond donors (Lipinski definition) is 1. The van der Waals surface area contributed by atoms with E-state index >= 15 is 0 Å². The van der Waals surface area contributed by atoms with Gasteiger partial charge in [-0.05, 0) is 37.5 Å². The Kier molecular flexibility index (Phi) is 7.01. The zero-order valence-corrected chi connectivity index (χ0v) is 15.1. The average molecular weight is 361 g/mol. The molecule has 0 spiro atoms. The molecule has 2 rings (SSSR count). The predicted octanol–water partition coefficient (Wildman–Crippen LogP) is 3.07. The lowest BCUT2D eigenvalue weighted by molar-refractivity contribution is -0.113. The number of anilines is 1. The van der Waals surface area contributed by atoms with E-state index in [0.717, 1.165) is 5.56 Å². The normalized spacial score (nSPS) is 11.1. The minimum absolute atomic E-state index is 0.0115. The van der Waals surface area contributed by atoms with E-state index in [9.17, 15) is 13.2 Å². The van der Waals surface area contributed by atoms with Crippen LogP contribution in [0.3, 0.4) is 0 Å². The van der Waals surface area contributed by atoms with Crippen LogP contribution < -0.4 is 10.1 Å². The van der Waals surface area contributed by atoms with Gasteiger partial charge in [-0.15, -0.1) is 0 Å². The minimum atomic E-state index is -3.45. The molecule has 2 aromatic rings. The largest absolute Gasteiger partial charge is 0.492 e. The van der Waals surface area contributed by atoms with E-state index in [-0.39, 0.29) is 5.75 Å². The van der Waals surface area contributed by atoms with E-state index in [1.165, 1.54) is 0 Å². The third-order valence-electron chi connectivity index (χ3n) is 3.58. The number of rotatable bonds is 9. The van der Waals surface area contributed by atoms with Crippen molar-refractivity contribution in [2.24, 2.45) is 0 Å². The van der Waals surface area contributed by atoms with Crippen molar-refractivity contribution in [2.75, 3.05) is 23.4 Å². The zero-order chi connectivity index (χ0) is 18.1. The van der Waals surface area contributed by atoms with Crippen molar-refractivity contribution in [1.82, 2.24) is 0 Å². The molecule has 134 valence electrons. The molecule has 0 aromatic heterocycles. The number of nitrogens with one attached hydrogen (secondary N) is 1. The molecule has 0 aliphatic carbocycles. The SMILES string of the molecule is CCOc1ccccc1NC(=O)CS(=O)(=O)CCCc1ccccc1. The molecule has 0 atom stereocenters. The Morgan fingerprint density at radius 2 is 1.72 bits per heavy atom. The zero-order valence-electron chi connectivity index (χ0n) is 14.3. The van der Waals surface area contributed by atoms with Crippen LogP contribution in [-0.4, -0.2) is 32.4 Å². The predicted molar refractivity (Wildman–Crippen MR) is 99.7 cm³/mol. The third kappa shape index (κ3) is 6.58. The number of ether oxygens (including phenoxy) is 1. The number of amides is 1. The Labute approximate surface area is 148 Å². The standard InChI is InChI=1S/C19H23NO4S/c1-2-24-18-13-7-6-12-17(18)20-19(21)15-25(22,23)14-8-11-16-9-4-3-5-10-16/h3-7,9-10,12-13H,2,8,11,14-15H2,1H3,(H,20,21). The molecule has 0 aliphatic heterocycles. The summed E-state index contributed by atoms with van der Waals surface area (Å²) >= 11 is 0. The first-order valence-corrected chi connectivity index (χ1v) is 10.1. The highest BCUT2D eigenvalue weighted by atomic mass is 32.2. The molecule has 5 nitrogen and oxygen atoms in total. The molecule has 2 aromatic carbocycles. The van der Waals surface area contributed by atoms with Gasteiger partial charge in [0.25, 0.3) is 0 Å². The van der Waals surface area contributed by atoms with Gasteiger partial charge in [0.15, 0.2) is 9.84 Å². The molecule has 0 bridgehead atoms. The molecular formula is C19H23NO4S. The number of carbonyl (C=O) groups excluding carboxylic acids is 1. The van der Waals surface area contributed by atoms with Gasteiger partial charge in [-0.3, -0.25) is 4.79 Å². The van der Waals surface area contributed by atoms with E-state index in [1.807, 2.05) is 37.3 Å². The Balaban J connectivity index is 1.86. The molecule has 6 heteroatoms. The fourth-order valence-electron chi connectivity index (χ4n) is 2.45. The van der Waals surface area contributed by atoms with E-state index in [2.05, 4.69) is 5.32 Å². The van der Waals surface area contributed by atoms with Crippen molar-refractivity contribution in [1.29, 1.82) is 0 Å². The van der Waals surface area contributed by atoms with Crippen LogP contribution in [0, 0.1) is 0 Å². The molecule has 0 unspecified atom stereocenters. The summed E-state index contributed by atoms with van der Waals surface area (Å²) in [4.78, 5) is 12.1. The molecule has 0 radical (unpaired) electrons. The van der Waals surface area contributed by atoms with Gasteiger partial charge in [0.1, 0.15) is 11.5 Å². The first kappa shape index (κ1) is 19.0. The minimum Gasteiger partial charge on any atom is -0.492 e. The van der Waals surface area contributed by atoms with Crippen molar-refractivity contribution < 1.29 is 17.9 Å². The number of carbonyl (C=O) groups is 1. The molecule has 0 saturated heterocycles. The lowest BCUT2D eigenvalue weighted by atomic mass is 10.1. The fourth-order valence-corrected chi connectivity index (χ4v) is 3.65. The average Bonchev–Trinajstić information content (AvgIpc) is 2.57. The topological polar surface area (TPSA) is 72.5 Å². The van der Waals surface area contributed by atoms with Crippen LogP contribution in [0.5, 0.6) is 5.75 Å². The van der Waals surface area contributed by atoms with Gasteiger partial charge in [-0.25, -0.2) is 8.42 Å². The summed E-state index contributed by atoms with van der Waals surface area (Å²) in [5.74, 6) is -0.559. The van der Waals surface area contributed by atoms with Crippen molar-refractivity contribution in [3.8, 4) is 5.75 Å². The Morgan fingerprint density at radius 3 is 2.44 bits per heavy atom. The van der Waals surface area contributed by atoms with Crippen LogP contribution in [0.1, 0.15) is 18.9 Å². The molecule has 0 saturated carbocycles. The number of aryl methyl sites for hydroxylation is 1. The Bertz CT molecular complexity index is 788. The quantitative estimate of drug-likeness (QED) is 0.745. The smallest absolute Gasteiger partial charge is 0.239 e. The summed E-state index contributed by atoms with van der Waals surface area (Å²) in [6.07, 6.45) is 1.17. The van der Waals surface area contributed by atoms with Crippen LogP contribution in [-0.2, 0) is 21.1 Å². The highest BCUT2D eigenvalue weighted by Gasteiger charge is 2.17. The van der Waals surface area contributed by atoms with Gasteiger partial charge >= 0.3 is 0 Å². The molecule has 0 heterocycles. The van der Waals surface area contributed by atoms with Gasteiger partial charge in [-0.2, -0.15) is 0 Å². The van der Waals surface area contributed by atoms with Gasteiger partial charge < -0.3 is 10.1 Å². The summed E-state index contributed by atoms with van der Waals surface area (Å²) < 4.78 is 29.7. The second-order valence-corrected chi connectivity index (χ2v) is 7.84. The van der Waals surface area contributed by atoms with Crippen LogP contribution in [0.2, 0.25) is 0 Å². The first-order valence-electron chi connectivity index (χ1n) is 8.26. The number of benzene rings is 2. The van der Waals surface area contributed by atoms with E-state index in [0.29, 0.717) is 30.9 Å². The highest BCUT2D eigenvalue weighted by molar-refractivity contribution is 7.92. The monoisotopic (exact) mass is 361 g/mol. The van der Waals surface area contributed by atoms with Crippen molar-refractivity contribution >= 4 is 21.4 Å². The van der Waals surface area contributed by atoms with E-state index < -0.39 is 21.5 Å². The van der Waals surface area contributed by atoms with Crippen LogP contribution in [0.15, 0.2) is 54.6 Å². The maximum Gasteiger partial charge on any atom is 0.239 e. The lowest BCUT2D eigenvalue weighted by Crippen LogP contribution is -2.25. The summed E-state index contributed by atoms with van der Waals surface area (Å²) in [6.45, 7) is 2.31. The molecule has 0 aliphatic rings. The second kappa shape index (κ2) is 9.22. The van der Waals surface area contributed by atoms with Crippen LogP contribution >= 0.6 is 0 Å². The van der Waals surface area contributed by atoms with Crippen molar-refractivity contribution in [3.63, 3.8) is 0 Å². The van der Waals surface area contributed by atoms with Gasteiger partial charge in [0.2, 0.25) is 5.91 Å².